The van der Waals surface area contributed by atoms with Crippen molar-refractivity contribution in [2.45, 2.75) is 63.1 Å². The van der Waals surface area contributed by atoms with Crippen molar-refractivity contribution in [3.63, 3.8) is 0 Å². The van der Waals surface area contributed by atoms with E-state index in [2.05, 4.69) is 34.7 Å². The molecule has 2 atom stereocenters. The van der Waals surface area contributed by atoms with Crippen molar-refractivity contribution in [1.82, 2.24) is 39.8 Å². The van der Waals surface area contributed by atoms with Gasteiger partial charge in [0.1, 0.15) is 35.4 Å². The molecule has 5 aromatic rings. The zero-order valence-corrected chi connectivity index (χ0v) is 33.4. The number of carbonyl (C=O) groups is 4. The van der Waals surface area contributed by atoms with Gasteiger partial charge in [-0.15, -0.1) is 0 Å². The van der Waals surface area contributed by atoms with Crippen LogP contribution in [0.5, 0.6) is 11.5 Å². The van der Waals surface area contributed by atoms with E-state index in [0.717, 1.165) is 116 Å². The minimum absolute atomic E-state index is 0.101. The normalized spacial score (nSPS) is 22.2. The van der Waals surface area contributed by atoms with Crippen molar-refractivity contribution in [3.05, 3.63) is 90.3 Å². The summed E-state index contributed by atoms with van der Waals surface area (Å²) in [6.45, 7) is 7.03. The number of nitrogens with one attached hydrogen (secondary N) is 1. The van der Waals surface area contributed by atoms with Crippen LogP contribution < -0.4 is 20.7 Å². The number of aromatic nitrogens is 4. The number of nitrogens with two attached hydrogens (primary N) is 1. The lowest BCUT2D eigenvalue weighted by Gasteiger charge is -2.37. The number of rotatable bonds is 9. The van der Waals surface area contributed by atoms with Crippen LogP contribution in [0.4, 0.5) is 11.5 Å². The Balaban J connectivity index is 0.721. The Morgan fingerprint density at radius 1 is 0.750 bits per heavy atom. The Hall–Kier alpha value is -6.19. The van der Waals surface area contributed by atoms with Crippen LogP contribution in [0.15, 0.2) is 79.1 Å². The van der Waals surface area contributed by atoms with Gasteiger partial charge >= 0.3 is 0 Å². The van der Waals surface area contributed by atoms with Crippen LogP contribution in [-0.4, -0.2) is 116 Å². The summed E-state index contributed by atoms with van der Waals surface area (Å²) in [4.78, 5) is 68.3. The highest BCUT2D eigenvalue weighted by Gasteiger charge is 2.45. The summed E-state index contributed by atoms with van der Waals surface area (Å²) in [6, 6.07) is 22.9. The van der Waals surface area contributed by atoms with Crippen molar-refractivity contribution >= 4 is 46.2 Å². The molecule has 2 aromatic heterocycles. The Bertz CT molecular complexity index is 2460. The van der Waals surface area contributed by atoms with E-state index in [4.69, 9.17) is 15.6 Å². The summed E-state index contributed by atoms with van der Waals surface area (Å²) in [5, 5.41) is 8.18. The number of amides is 4. The molecule has 3 N–H and O–H groups in total. The molecule has 0 spiro atoms. The lowest BCUT2D eigenvalue weighted by atomic mass is 9.95. The number of likely N-dealkylation sites (tertiary alicyclic amines) is 2. The number of ether oxygens (including phenoxy) is 1. The fourth-order valence-corrected chi connectivity index (χ4v) is 9.92. The quantitative estimate of drug-likeness (QED) is 0.194. The highest BCUT2D eigenvalue weighted by molar-refractivity contribution is 6.23. The second-order valence-electron chi connectivity index (χ2n) is 16.8. The molecule has 4 amide bonds. The molecule has 5 aliphatic heterocycles. The summed E-state index contributed by atoms with van der Waals surface area (Å²) in [6.07, 6.45) is 7.02. The first-order valence-corrected chi connectivity index (χ1v) is 21.2. The molecule has 10 rings (SSSR count). The molecule has 0 bridgehead atoms. The van der Waals surface area contributed by atoms with Crippen LogP contribution in [0.3, 0.4) is 0 Å². The number of hydrogen-bond acceptors (Lipinski definition) is 12. The van der Waals surface area contributed by atoms with E-state index in [1.807, 2.05) is 60.7 Å². The molecule has 7 heterocycles. The van der Waals surface area contributed by atoms with Gasteiger partial charge in [0.15, 0.2) is 5.65 Å². The lowest BCUT2D eigenvalue weighted by Crippen LogP contribution is -2.54. The largest absolute Gasteiger partial charge is 0.457 e. The summed E-state index contributed by atoms with van der Waals surface area (Å²) in [7, 11) is 0. The Kier molecular flexibility index (Phi) is 10.00. The van der Waals surface area contributed by atoms with Crippen LogP contribution >= 0.6 is 0 Å². The standard InChI is InChI=1S/C45H48N10O5/c46-41-39-40(29-6-9-34(10-7-29)60-33-4-2-1-3-5-33)50-55(42(39)48-27-47-41)30-17-22-53(23-18-30)32-16-19-51(26-32)25-28-14-20-52(21-15-28)31-8-11-35-36(24-31)45(59)54(44(35)58)37-12-13-38(56)49-43(37)57/h1-11,24,27-28,30,32,37H,12-23,25-26H2,(H2,46,47,48)(H,49,56,57)/t32-,37?/m1/s1. The highest BCUT2D eigenvalue weighted by Crippen LogP contribution is 2.37. The number of fused-ring (bicyclic) bond motifs is 2. The molecule has 4 fully saturated rings. The molecule has 0 radical (unpaired) electrons. The first kappa shape index (κ1) is 38.0. The number of carbonyl (C=O) groups excluding carboxylic acids is 4. The second-order valence-corrected chi connectivity index (χ2v) is 16.8. The Morgan fingerprint density at radius 2 is 1.48 bits per heavy atom. The number of hydrogen-bond donors (Lipinski definition) is 2. The van der Waals surface area contributed by atoms with Crippen molar-refractivity contribution in [3.8, 4) is 22.8 Å². The molecular formula is C45H48N10O5. The number of imide groups is 2. The molecule has 0 aliphatic carbocycles. The van der Waals surface area contributed by atoms with Crippen molar-refractivity contribution in [1.29, 1.82) is 0 Å². The summed E-state index contributed by atoms with van der Waals surface area (Å²) in [5.41, 5.74) is 10.5. The topological polar surface area (TPSA) is 172 Å². The maximum absolute atomic E-state index is 13.4. The van der Waals surface area contributed by atoms with E-state index in [9.17, 15) is 19.2 Å². The average Bonchev–Trinajstić information content (AvgIpc) is 3.97. The monoisotopic (exact) mass is 808 g/mol. The molecular weight excluding hydrogens is 761 g/mol. The van der Waals surface area contributed by atoms with E-state index in [0.29, 0.717) is 28.9 Å². The predicted octanol–water partition coefficient (Wildman–Crippen LogP) is 4.90. The number of nitrogen functional groups attached to an aromatic ring is 1. The maximum atomic E-state index is 13.4. The van der Waals surface area contributed by atoms with Gasteiger partial charge in [-0.1, -0.05) is 18.2 Å². The van der Waals surface area contributed by atoms with Crippen molar-refractivity contribution in [2.24, 2.45) is 5.92 Å². The van der Waals surface area contributed by atoms with E-state index in [1.165, 1.54) is 12.7 Å². The number of anilines is 2. The summed E-state index contributed by atoms with van der Waals surface area (Å²) < 4.78 is 8.10. The lowest BCUT2D eigenvalue weighted by molar-refractivity contribution is -0.136. The van der Waals surface area contributed by atoms with Crippen LogP contribution in [0.2, 0.25) is 0 Å². The van der Waals surface area contributed by atoms with Gasteiger partial charge in [0.05, 0.1) is 22.6 Å². The minimum Gasteiger partial charge on any atom is -0.457 e. The van der Waals surface area contributed by atoms with Gasteiger partial charge in [0.2, 0.25) is 11.8 Å². The molecule has 1 unspecified atom stereocenters. The Morgan fingerprint density at radius 3 is 2.25 bits per heavy atom. The van der Waals surface area contributed by atoms with Crippen molar-refractivity contribution < 1.29 is 23.9 Å². The molecule has 0 saturated carbocycles. The van der Waals surface area contributed by atoms with Crippen LogP contribution in [0.1, 0.15) is 71.7 Å². The van der Waals surface area contributed by atoms with Crippen LogP contribution in [-0.2, 0) is 9.59 Å². The molecule has 5 aliphatic rings. The van der Waals surface area contributed by atoms with Gasteiger partial charge in [-0.05, 0) is 106 Å². The number of para-hydroxylation sites is 1. The number of piperidine rings is 3. The van der Waals surface area contributed by atoms with E-state index >= 15 is 0 Å². The van der Waals surface area contributed by atoms with Crippen LogP contribution in [0, 0.1) is 5.92 Å². The Labute approximate surface area is 347 Å². The van der Waals surface area contributed by atoms with Gasteiger partial charge in [-0.25, -0.2) is 14.6 Å². The number of benzene rings is 3. The third kappa shape index (κ3) is 7.15. The first-order valence-electron chi connectivity index (χ1n) is 21.2. The van der Waals surface area contributed by atoms with Gasteiger partial charge in [-0.2, -0.15) is 5.10 Å². The second kappa shape index (κ2) is 15.8. The predicted molar refractivity (Wildman–Crippen MR) is 224 cm³/mol. The molecule has 15 heteroatoms. The van der Waals surface area contributed by atoms with E-state index < -0.39 is 23.8 Å². The van der Waals surface area contributed by atoms with Crippen LogP contribution in [0.25, 0.3) is 22.3 Å². The van der Waals surface area contributed by atoms with Crippen molar-refractivity contribution in [2.75, 3.05) is 56.4 Å². The van der Waals surface area contributed by atoms with E-state index in [-0.39, 0.29) is 24.8 Å². The van der Waals surface area contributed by atoms with Gasteiger partial charge in [0.25, 0.3) is 11.8 Å². The molecule has 3 aromatic carbocycles. The molecule has 308 valence electrons. The number of nitrogens with zero attached hydrogens (tertiary/aromatic N) is 8. The fourth-order valence-electron chi connectivity index (χ4n) is 9.92. The third-order valence-corrected chi connectivity index (χ3v) is 13.2. The molecule has 60 heavy (non-hydrogen) atoms. The van der Waals surface area contributed by atoms with Gasteiger partial charge in [0, 0.05) is 63.0 Å². The summed E-state index contributed by atoms with van der Waals surface area (Å²) in [5.74, 6) is 0.631. The SMILES string of the molecule is Nc1ncnc2c1c(-c1ccc(Oc3ccccc3)cc1)nn2C1CCN([C@@H]2CCN(CC3CCN(c4ccc5c(c4)C(=O)N(C4CCC(=O)NC4=O)C5=O)CC3)C2)CC1. The molecule has 4 saturated heterocycles. The zero-order valence-electron chi connectivity index (χ0n) is 33.4. The first-order chi connectivity index (χ1) is 29.3. The fraction of sp³-hybridized carbons (Fsp3) is 0.400. The third-order valence-electron chi connectivity index (χ3n) is 13.2. The molecule has 15 nitrogen and oxygen atoms in total. The zero-order chi connectivity index (χ0) is 40.9. The average molecular weight is 809 g/mol. The van der Waals surface area contributed by atoms with Gasteiger partial charge < -0.3 is 20.3 Å². The highest BCUT2D eigenvalue weighted by atomic mass is 16.5. The van der Waals surface area contributed by atoms with E-state index in [1.54, 1.807) is 12.1 Å². The smallest absolute Gasteiger partial charge is 0.262 e. The summed E-state index contributed by atoms with van der Waals surface area (Å²) >= 11 is 0. The van der Waals surface area contributed by atoms with Gasteiger partial charge in [-0.3, -0.25) is 34.3 Å². The minimum atomic E-state index is -0.962. The maximum Gasteiger partial charge on any atom is 0.262 e.